The average molecular weight is 420 g/mol. The van der Waals surface area contributed by atoms with Gasteiger partial charge >= 0.3 is 0 Å². The van der Waals surface area contributed by atoms with E-state index in [1.54, 1.807) is 7.11 Å². The van der Waals surface area contributed by atoms with Gasteiger partial charge in [0.15, 0.2) is 0 Å². The van der Waals surface area contributed by atoms with E-state index in [-0.39, 0.29) is 0 Å². The molecule has 160 valence electrons. The molecular formula is C30H29NO. The summed E-state index contributed by atoms with van der Waals surface area (Å²) in [7, 11) is 1.73. The topological polar surface area (TPSA) is 12.5 Å². The number of hydrogen-bond acceptors (Lipinski definition) is 2. The lowest BCUT2D eigenvalue weighted by Crippen LogP contribution is -2.44. The maximum atomic E-state index is 5.44. The van der Waals surface area contributed by atoms with Gasteiger partial charge in [-0.05, 0) is 46.4 Å². The number of ether oxygens (including phenoxy) is 1. The number of benzene rings is 4. The minimum atomic E-state index is 0.301. The van der Waals surface area contributed by atoms with Gasteiger partial charge in [0.25, 0.3) is 0 Å². The van der Waals surface area contributed by atoms with Gasteiger partial charge in [-0.1, -0.05) is 97.1 Å². The third-order valence-electron chi connectivity index (χ3n) is 6.61. The molecule has 0 fully saturated rings. The summed E-state index contributed by atoms with van der Waals surface area (Å²) in [6.45, 7) is 1.91. The molecule has 0 saturated carbocycles. The molecule has 4 aromatic rings. The zero-order valence-electron chi connectivity index (χ0n) is 18.5. The monoisotopic (exact) mass is 419 g/mol. The minimum absolute atomic E-state index is 0.301. The lowest BCUT2D eigenvalue weighted by molar-refractivity contribution is 0.146. The molecule has 0 amide bonds. The van der Waals surface area contributed by atoms with Crippen molar-refractivity contribution in [2.45, 2.75) is 31.5 Å². The first-order valence-corrected chi connectivity index (χ1v) is 11.4. The third kappa shape index (κ3) is 4.32. The fourth-order valence-corrected chi connectivity index (χ4v) is 5.04. The Kier molecular flexibility index (Phi) is 6.04. The molecule has 0 spiro atoms. The summed E-state index contributed by atoms with van der Waals surface area (Å²) < 4.78 is 5.44. The molecule has 0 saturated heterocycles. The number of rotatable bonds is 6. The van der Waals surface area contributed by atoms with Gasteiger partial charge in [-0.3, -0.25) is 4.90 Å². The highest BCUT2D eigenvalue weighted by Crippen LogP contribution is 2.40. The number of hydrogen-bond donors (Lipinski definition) is 0. The fourth-order valence-electron chi connectivity index (χ4n) is 5.04. The van der Waals surface area contributed by atoms with Crippen LogP contribution in [-0.4, -0.2) is 18.1 Å². The predicted octanol–water partition coefficient (Wildman–Crippen LogP) is 6.45. The number of nitrogens with zero attached hydrogens (tertiary/aromatic N) is 1. The molecule has 2 heteroatoms. The van der Waals surface area contributed by atoms with Crippen LogP contribution in [-0.2, 0) is 19.5 Å². The molecular weight excluding hydrogens is 390 g/mol. The summed E-state index contributed by atoms with van der Waals surface area (Å²) in [5, 5.41) is 0. The van der Waals surface area contributed by atoms with Crippen LogP contribution in [0.1, 0.15) is 33.7 Å². The third-order valence-corrected chi connectivity index (χ3v) is 6.61. The van der Waals surface area contributed by atoms with Crippen LogP contribution in [0.15, 0.2) is 109 Å². The van der Waals surface area contributed by atoms with Gasteiger partial charge in [0, 0.05) is 25.0 Å². The van der Waals surface area contributed by atoms with Crippen molar-refractivity contribution in [2.24, 2.45) is 0 Å². The maximum absolute atomic E-state index is 5.44. The summed E-state index contributed by atoms with van der Waals surface area (Å²) in [6, 6.07) is 39.8. The van der Waals surface area contributed by atoms with Crippen molar-refractivity contribution in [3.63, 3.8) is 0 Å². The van der Waals surface area contributed by atoms with Crippen molar-refractivity contribution < 1.29 is 4.74 Å². The van der Waals surface area contributed by atoms with Crippen molar-refractivity contribution in [3.8, 4) is 5.75 Å². The number of methoxy groups -OCH3 is 1. The molecule has 4 aromatic carbocycles. The molecule has 2 atom stereocenters. The van der Waals surface area contributed by atoms with E-state index in [1.165, 1.54) is 27.8 Å². The van der Waals surface area contributed by atoms with Crippen molar-refractivity contribution >= 4 is 0 Å². The van der Waals surface area contributed by atoms with Gasteiger partial charge in [-0.25, -0.2) is 0 Å². The second-order valence-corrected chi connectivity index (χ2v) is 8.60. The first kappa shape index (κ1) is 20.5. The molecule has 0 aliphatic carbocycles. The molecule has 0 N–H and O–H groups in total. The molecule has 0 radical (unpaired) electrons. The van der Waals surface area contributed by atoms with E-state index in [0.717, 1.165) is 25.3 Å². The molecule has 1 aliphatic rings. The molecule has 0 unspecified atom stereocenters. The Labute approximate surface area is 191 Å². The summed E-state index contributed by atoms with van der Waals surface area (Å²) in [5.74, 6) is 1.20. The van der Waals surface area contributed by atoms with Crippen LogP contribution in [0.5, 0.6) is 5.75 Å². The summed E-state index contributed by atoms with van der Waals surface area (Å²) in [5.41, 5.74) is 6.96. The predicted molar refractivity (Wildman–Crippen MR) is 131 cm³/mol. The Morgan fingerprint density at radius 1 is 0.719 bits per heavy atom. The SMILES string of the molecule is COc1ccc([C@@H]2c3ccccc3CN(Cc3ccccc3)[C@H]2Cc2ccccc2)cc1. The Morgan fingerprint density at radius 3 is 2.03 bits per heavy atom. The quantitative estimate of drug-likeness (QED) is 0.356. The summed E-state index contributed by atoms with van der Waals surface area (Å²) in [6.07, 6.45) is 1.01. The highest BCUT2D eigenvalue weighted by molar-refractivity contribution is 5.44. The van der Waals surface area contributed by atoms with E-state index >= 15 is 0 Å². The molecule has 1 aliphatic heterocycles. The van der Waals surface area contributed by atoms with E-state index in [9.17, 15) is 0 Å². The number of fused-ring (bicyclic) bond motifs is 1. The van der Waals surface area contributed by atoms with Crippen LogP contribution in [0.4, 0.5) is 0 Å². The van der Waals surface area contributed by atoms with Gasteiger partial charge < -0.3 is 4.74 Å². The molecule has 32 heavy (non-hydrogen) atoms. The lowest BCUT2D eigenvalue weighted by Gasteiger charge is -2.43. The van der Waals surface area contributed by atoms with Gasteiger partial charge in [0.2, 0.25) is 0 Å². The second kappa shape index (κ2) is 9.42. The summed E-state index contributed by atoms with van der Waals surface area (Å²) >= 11 is 0. The van der Waals surface area contributed by atoms with Crippen LogP contribution in [0.25, 0.3) is 0 Å². The van der Waals surface area contributed by atoms with Gasteiger partial charge in [0.05, 0.1) is 7.11 Å². The van der Waals surface area contributed by atoms with E-state index in [1.807, 2.05) is 0 Å². The zero-order chi connectivity index (χ0) is 21.8. The van der Waals surface area contributed by atoms with E-state index in [0.29, 0.717) is 12.0 Å². The Hall–Kier alpha value is -3.36. The Morgan fingerprint density at radius 2 is 1.34 bits per heavy atom. The standard InChI is InChI=1S/C30H29NO/c1-32-27-18-16-25(17-19-27)30-28-15-9-8-14-26(28)22-31(21-24-12-6-3-7-13-24)29(30)20-23-10-4-2-5-11-23/h2-19,29-30H,20-22H2,1H3/t29-,30+/m0/s1. The van der Waals surface area contributed by atoms with Gasteiger partial charge in [-0.15, -0.1) is 0 Å². The zero-order valence-corrected chi connectivity index (χ0v) is 18.5. The van der Waals surface area contributed by atoms with Crippen molar-refractivity contribution in [2.75, 3.05) is 7.11 Å². The Balaban J connectivity index is 1.59. The average Bonchev–Trinajstić information content (AvgIpc) is 2.86. The smallest absolute Gasteiger partial charge is 0.118 e. The Bertz CT molecular complexity index is 1140. The minimum Gasteiger partial charge on any atom is -0.497 e. The van der Waals surface area contributed by atoms with Crippen LogP contribution < -0.4 is 4.74 Å². The molecule has 1 heterocycles. The largest absolute Gasteiger partial charge is 0.497 e. The lowest BCUT2D eigenvalue weighted by atomic mass is 9.76. The van der Waals surface area contributed by atoms with Gasteiger partial charge in [0.1, 0.15) is 5.75 Å². The molecule has 2 nitrogen and oxygen atoms in total. The van der Waals surface area contributed by atoms with Crippen molar-refractivity contribution in [3.05, 3.63) is 137 Å². The highest BCUT2D eigenvalue weighted by atomic mass is 16.5. The molecule has 5 rings (SSSR count). The van der Waals surface area contributed by atoms with Crippen LogP contribution >= 0.6 is 0 Å². The fraction of sp³-hybridized carbons (Fsp3) is 0.200. The summed E-state index contributed by atoms with van der Waals surface area (Å²) in [4.78, 5) is 2.67. The first-order chi connectivity index (χ1) is 15.8. The normalized spacial score (nSPS) is 18.2. The van der Waals surface area contributed by atoms with Crippen LogP contribution in [0.3, 0.4) is 0 Å². The second-order valence-electron chi connectivity index (χ2n) is 8.60. The van der Waals surface area contributed by atoms with Crippen molar-refractivity contribution in [1.29, 1.82) is 0 Å². The highest BCUT2D eigenvalue weighted by Gasteiger charge is 2.36. The van der Waals surface area contributed by atoms with Crippen molar-refractivity contribution in [1.82, 2.24) is 4.90 Å². The van der Waals surface area contributed by atoms with E-state index < -0.39 is 0 Å². The van der Waals surface area contributed by atoms with E-state index in [4.69, 9.17) is 4.74 Å². The van der Waals surface area contributed by atoms with Gasteiger partial charge in [-0.2, -0.15) is 0 Å². The molecule has 0 bridgehead atoms. The maximum Gasteiger partial charge on any atom is 0.118 e. The molecule has 0 aromatic heterocycles. The van der Waals surface area contributed by atoms with Crippen LogP contribution in [0, 0.1) is 0 Å². The first-order valence-electron chi connectivity index (χ1n) is 11.4. The van der Waals surface area contributed by atoms with Crippen LogP contribution in [0.2, 0.25) is 0 Å². The van der Waals surface area contributed by atoms with E-state index in [2.05, 4.69) is 114 Å².